The number of aryl methyl sites for hydroxylation is 1. The van der Waals surface area contributed by atoms with E-state index in [0.717, 1.165) is 10.5 Å². The lowest BCUT2D eigenvalue weighted by Crippen LogP contribution is -2.40. The number of carbonyl (C=O) groups excluding carboxylic acids is 2. The van der Waals surface area contributed by atoms with Crippen molar-refractivity contribution in [2.24, 2.45) is 0 Å². The predicted octanol–water partition coefficient (Wildman–Crippen LogP) is 1.88. The van der Waals surface area contributed by atoms with Crippen LogP contribution in [0.25, 0.3) is 5.65 Å². The molecule has 1 saturated heterocycles. The van der Waals surface area contributed by atoms with Gasteiger partial charge in [-0.2, -0.15) is 0 Å². The summed E-state index contributed by atoms with van der Waals surface area (Å²) in [7, 11) is 0. The Kier molecular flexibility index (Phi) is 4.34. The van der Waals surface area contributed by atoms with Gasteiger partial charge in [0.25, 0.3) is 17.2 Å². The SMILES string of the molecule is Cc1cccn2c(=O)cc(CN3C(=O)NC(C)(c4cccc([N+](=O)[O-])c4)C3=O)nc12. The summed E-state index contributed by atoms with van der Waals surface area (Å²) >= 11 is 0. The molecule has 2 aromatic heterocycles. The fourth-order valence-electron chi connectivity index (χ4n) is 3.52. The zero-order valence-electron chi connectivity index (χ0n) is 16.2. The Morgan fingerprint density at radius 3 is 2.67 bits per heavy atom. The number of fused-ring (bicyclic) bond motifs is 1. The molecule has 30 heavy (non-hydrogen) atoms. The number of amides is 3. The zero-order chi connectivity index (χ0) is 21.6. The van der Waals surface area contributed by atoms with Gasteiger partial charge in [-0.05, 0) is 31.0 Å². The van der Waals surface area contributed by atoms with Gasteiger partial charge in [0.05, 0.1) is 17.2 Å². The predicted molar refractivity (Wildman–Crippen MR) is 106 cm³/mol. The Bertz CT molecular complexity index is 1280. The normalized spacial score (nSPS) is 18.7. The van der Waals surface area contributed by atoms with E-state index in [2.05, 4.69) is 10.3 Å². The number of nitro groups is 1. The van der Waals surface area contributed by atoms with E-state index in [1.807, 2.05) is 0 Å². The number of carbonyl (C=O) groups is 2. The van der Waals surface area contributed by atoms with E-state index in [9.17, 15) is 24.5 Å². The molecule has 10 heteroatoms. The first kappa shape index (κ1) is 19.2. The van der Waals surface area contributed by atoms with Crippen LogP contribution in [0.4, 0.5) is 10.5 Å². The summed E-state index contributed by atoms with van der Waals surface area (Å²) in [6.45, 7) is 3.09. The van der Waals surface area contributed by atoms with Crippen molar-refractivity contribution in [2.75, 3.05) is 0 Å². The smallest absolute Gasteiger partial charge is 0.319 e. The third-order valence-corrected chi connectivity index (χ3v) is 5.17. The second-order valence-corrected chi connectivity index (χ2v) is 7.22. The molecule has 1 aliphatic heterocycles. The molecule has 10 nitrogen and oxygen atoms in total. The second kappa shape index (κ2) is 6.76. The van der Waals surface area contributed by atoms with E-state index in [1.54, 1.807) is 31.3 Å². The number of hydrogen-bond donors (Lipinski definition) is 1. The van der Waals surface area contributed by atoms with Crippen LogP contribution in [-0.4, -0.2) is 31.1 Å². The van der Waals surface area contributed by atoms with Crippen molar-refractivity contribution in [3.8, 4) is 0 Å². The van der Waals surface area contributed by atoms with Crippen molar-refractivity contribution >= 4 is 23.3 Å². The number of rotatable bonds is 4. The maximum atomic E-state index is 13.1. The zero-order valence-corrected chi connectivity index (χ0v) is 16.2. The first-order valence-electron chi connectivity index (χ1n) is 9.07. The van der Waals surface area contributed by atoms with Gasteiger partial charge < -0.3 is 5.32 Å². The van der Waals surface area contributed by atoms with Crippen molar-refractivity contribution < 1.29 is 14.5 Å². The maximum absolute atomic E-state index is 13.1. The first-order valence-corrected chi connectivity index (χ1v) is 9.07. The van der Waals surface area contributed by atoms with E-state index in [4.69, 9.17) is 0 Å². The van der Waals surface area contributed by atoms with Crippen LogP contribution in [0.1, 0.15) is 23.7 Å². The Hall–Kier alpha value is -4.08. The molecule has 1 aliphatic rings. The first-order chi connectivity index (χ1) is 14.2. The lowest BCUT2D eigenvalue weighted by Gasteiger charge is -2.22. The number of pyridine rings is 1. The molecule has 0 radical (unpaired) electrons. The summed E-state index contributed by atoms with van der Waals surface area (Å²) in [5.74, 6) is -0.584. The molecule has 3 amide bonds. The highest BCUT2D eigenvalue weighted by atomic mass is 16.6. The van der Waals surface area contributed by atoms with Crippen molar-refractivity contribution in [1.82, 2.24) is 19.6 Å². The number of benzene rings is 1. The third-order valence-electron chi connectivity index (χ3n) is 5.17. The molecule has 0 saturated carbocycles. The molecule has 1 fully saturated rings. The van der Waals surface area contributed by atoms with Gasteiger partial charge in [-0.3, -0.25) is 29.0 Å². The molecule has 3 heterocycles. The van der Waals surface area contributed by atoms with Gasteiger partial charge in [0.2, 0.25) is 0 Å². The van der Waals surface area contributed by atoms with Gasteiger partial charge >= 0.3 is 6.03 Å². The number of nitrogens with zero attached hydrogens (tertiary/aromatic N) is 4. The van der Waals surface area contributed by atoms with Crippen molar-refractivity contribution in [3.63, 3.8) is 0 Å². The standard InChI is InChI=1S/C20H17N5O5/c1-12-5-4-8-23-16(26)10-14(21-17(12)23)11-24-18(27)20(2,22-19(24)28)13-6-3-7-15(9-13)25(29)30/h3-10H,11H2,1-2H3,(H,22,28). The molecule has 4 rings (SSSR count). The Morgan fingerprint density at radius 1 is 1.17 bits per heavy atom. The molecule has 1 unspecified atom stereocenters. The number of imide groups is 1. The minimum absolute atomic E-state index is 0.186. The van der Waals surface area contributed by atoms with Gasteiger partial charge in [0, 0.05) is 24.4 Å². The van der Waals surface area contributed by atoms with Gasteiger partial charge in [-0.25, -0.2) is 9.78 Å². The summed E-state index contributed by atoms with van der Waals surface area (Å²) in [4.78, 5) is 53.9. The number of non-ortho nitro benzene ring substituents is 1. The van der Waals surface area contributed by atoms with Crippen LogP contribution in [0.2, 0.25) is 0 Å². The highest BCUT2D eigenvalue weighted by Crippen LogP contribution is 2.31. The molecule has 0 aliphatic carbocycles. The molecular formula is C20H17N5O5. The molecule has 0 bridgehead atoms. The van der Waals surface area contributed by atoms with Crippen LogP contribution in [0.3, 0.4) is 0 Å². The fourth-order valence-corrected chi connectivity index (χ4v) is 3.52. The van der Waals surface area contributed by atoms with Gasteiger partial charge in [0.15, 0.2) is 0 Å². The second-order valence-electron chi connectivity index (χ2n) is 7.22. The summed E-state index contributed by atoms with van der Waals surface area (Å²) in [5.41, 5.74) is -0.212. The summed E-state index contributed by atoms with van der Waals surface area (Å²) < 4.78 is 1.39. The molecule has 152 valence electrons. The Labute approximate surface area is 169 Å². The van der Waals surface area contributed by atoms with Gasteiger partial charge in [-0.15, -0.1) is 0 Å². The van der Waals surface area contributed by atoms with E-state index < -0.39 is 22.4 Å². The van der Waals surface area contributed by atoms with Gasteiger partial charge in [0.1, 0.15) is 11.2 Å². The minimum Gasteiger partial charge on any atom is -0.319 e. The highest BCUT2D eigenvalue weighted by molar-refractivity contribution is 6.07. The molecule has 1 atom stereocenters. The topological polar surface area (TPSA) is 127 Å². The Balaban J connectivity index is 1.69. The lowest BCUT2D eigenvalue weighted by molar-refractivity contribution is -0.385. The monoisotopic (exact) mass is 407 g/mol. The van der Waals surface area contributed by atoms with Crippen molar-refractivity contribution in [2.45, 2.75) is 25.9 Å². The molecule has 1 N–H and O–H groups in total. The number of hydrogen-bond acceptors (Lipinski definition) is 6. The number of aromatic nitrogens is 2. The number of urea groups is 1. The van der Waals surface area contributed by atoms with Crippen LogP contribution >= 0.6 is 0 Å². The van der Waals surface area contributed by atoms with E-state index in [1.165, 1.54) is 35.6 Å². The molecule has 3 aromatic rings. The minimum atomic E-state index is -1.47. The van der Waals surface area contributed by atoms with E-state index >= 15 is 0 Å². The molecular weight excluding hydrogens is 390 g/mol. The van der Waals surface area contributed by atoms with Crippen LogP contribution in [-0.2, 0) is 16.9 Å². The average molecular weight is 407 g/mol. The number of nitrogens with one attached hydrogen (secondary N) is 1. The van der Waals surface area contributed by atoms with Crippen LogP contribution in [0.15, 0.2) is 53.5 Å². The average Bonchev–Trinajstić information content (AvgIpc) is 2.93. The largest absolute Gasteiger partial charge is 0.325 e. The molecule has 1 aromatic carbocycles. The van der Waals surface area contributed by atoms with Crippen LogP contribution < -0.4 is 10.9 Å². The number of nitro benzene ring substituents is 1. The fraction of sp³-hybridized carbons (Fsp3) is 0.200. The highest BCUT2D eigenvalue weighted by Gasteiger charge is 2.49. The van der Waals surface area contributed by atoms with E-state index in [0.29, 0.717) is 11.2 Å². The van der Waals surface area contributed by atoms with Crippen LogP contribution in [0, 0.1) is 17.0 Å². The Morgan fingerprint density at radius 2 is 1.93 bits per heavy atom. The summed E-state index contributed by atoms with van der Waals surface area (Å²) in [6, 6.07) is 9.70. The maximum Gasteiger partial charge on any atom is 0.325 e. The lowest BCUT2D eigenvalue weighted by atomic mass is 9.91. The van der Waals surface area contributed by atoms with Crippen molar-refractivity contribution in [3.05, 3.63) is 86.0 Å². The molecule has 0 spiro atoms. The van der Waals surface area contributed by atoms with Crippen LogP contribution in [0.5, 0.6) is 0 Å². The quantitative estimate of drug-likeness (QED) is 0.400. The van der Waals surface area contributed by atoms with Gasteiger partial charge in [-0.1, -0.05) is 18.2 Å². The summed E-state index contributed by atoms with van der Waals surface area (Å²) in [5, 5.41) is 13.7. The van der Waals surface area contributed by atoms with Crippen molar-refractivity contribution in [1.29, 1.82) is 0 Å². The third kappa shape index (κ3) is 2.98. The van der Waals surface area contributed by atoms with E-state index in [-0.39, 0.29) is 23.5 Å². The summed E-state index contributed by atoms with van der Waals surface area (Å²) in [6.07, 6.45) is 1.59.